The maximum Gasteiger partial charge on any atom is 0.340 e. The van der Waals surface area contributed by atoms with Crippen LogP contribution in [0.1, 0.15) is 39.5 Å². The number of amides is 2. The van der Waals surface area contributed by atoms with Crippen molar-refractivity contribution in [3.05, 3.63) is 29.2 Å². The summed E-state index contributed by atoms with van der Waals surface area (Å²) in [5, 5.41) is 15.1. The minimum Gasteiger partial charge on any atom is -0.508 e. The molecule has 1 saturated carbocycles. The Hall–Kier alpha value is -2.35. The third kappa shape index (κ3) is 9.23. The van der Waals surface area contributed by atoms with Crippen LogP contribution in [0.4, 0.5) is 4.79 Å². The van der Waals surface area contributed by atoms with Crippen LogP contribution in [-0.4, -0.2) is 40.6 Å². The average molecular weight is 400 g/mol. The van der Waals surface area contributed by atoms with Gasteiger partial charge in [0, 0.05) is 18.8 Å². The molecule has 0 atom stereocenters. The molecule has 1 aromatic rings. The molecule has 2 N–H and O–H groups in total. The molecule has 2 rings (SSSR count). The van der Waals surface area contributed by atoms with Gasteiger partial charge in [-0.15, -0.1) is 16.5 Å². The smallest absolute Gasteiger partial charge is 0.340 e. The highest BCUT2D eigenvalue weighted by Gasteiger charge is 2.22. The van der Waals surface area contributed by atoms with Crippen molar-refractivity contribution in [2.24, 2.45) is 11.2 Å². The van der Waals surface area contributed by atoms with Crippen LogP contribution in [0.15, 0.2) is 29.6 Å². The number of rotatable bonds is 5. The summed E-state index contributed by atoms with van der Waals surface area (Å²) in [6.45, 7) is 3.69. The van der Waals surface area contributed by atoms with Gasteiger partial charge >= 0.3 is 12.0 Å². The summed E-state index contributed by atoms with van der Waals surface area (Å²) in [6, 6.07) is 5.70. The Morgan fingerprint density at radius 3 is 2.33 bits per heavy atom. The van der Waals surface area contributed by atoms with Gasteiger partial charge in [-0.05, 0) is 55.9 Å². The first-order valence-electron chi connectivity index (χ1n) is 8.80. The van der Waals surface area contributed by atoms with E-state index in [-0.39, 0.29) is 30.2 Å². The number of phenols is 1. The van der Waals surface area contributed by atoms with E-state index in [1.165, 1.54) is 31.2 Å². The molecule has 8 nitrogen and oxygen atoms in total. The van der Waals surface area contributed by atoms with E-state index in [1.54, 1.807) is 0 Å². The Morgan fingerprint density at radius 2 is 1.85 bits per heavy atom. The largest absolute Gasteiger partial charge is 0.508 e. The Balaban J connectivity index is 0.000000289. The van der Waals surface area contributed by atoms with Crippen LogP contribution >= 0.6 is 11.6 Å². The standard InChI is InChI=1S/C10H18ClN3O2.C8H8O3/c1-8-2-4-9(5-3-8)12-10(15)14(13-16)7-6-11;1-6(9)11-8-4-2-7(10)3-5-8/h8-9H,2-7H2,1H3,(H,12,15);2-5,10H,1H3. The first-order valence-corrected chi connectivity index (χ1v) is 9.33. The minimum absolute atomic E-state index is 0.153. The molecule has 1 aliphatic rings. The molecule has 0 aliphatic heterocycles. The van der Waals surface area contributed by atoms with Crippen molar-refractivity contribution < 1.29 is 19.4 Å². The molecule has 1 aliphatic carbocycles. The third-order valence-electron chi connectivity index (χ3n) is 4.07. The second kappa shape index (κ2) is 12.1. The first kappa shape index (κ1) is 22.7. The second-order valence-corrected chi connectivity index (χ2v) is 6.77. The van der Waals surface area contributed by atoms with Crippen molar-refractivity contribution in [1.29, 1.82) is 0 Å². The highest BCUT2D eigenvalue weighted by molar-refractivity contribution is 6.18. The van der Waals surface area contributed by atoms with Crippen molar-refractivity contribution in [1.82, 2.24) is 10.3 Å². The zero-order valence-corrected chi connectivity index (χ0v) is 16.3. The van der Waals surface area contributed by atoms with Crippen molar-refractivity contribution in [3.63, 3.8) is 0 Å². The lowest BCUT2D eigenvalue weighted by atomic mass is 9.87. The number of ether oxygens (including phenoxy) is 1. The van der Waals surface area contributed by atoms with Gasteiger partial charge in [0.05, 0.1) is 11.8 Å². The van der Waals surface area contributed by atoms with Crippen LogP contribution < -0.4 is 10.1 Å². The number of halogens is 1. The number of benzene rings is 1. The van der Waals surface area contributed by atoms with Crippen LogP contribution in [-0.2, 0) is 4.79 Å². The summed E-state index contributed by atoms with van der Waals surface area (Å²) in [5.41, 5.74) is 0. The van der Waals surface area contributed by atoms with Crippen molar-refractivity contribution >= 4 is 23.6 Å². The van der Waals surface area contributed by atoms with E-state index in [4.69, 9.17) is 21.4 Å². The van der Waals surface area contributed by atoms with E-state index >= 15 is 0 Å². The van der Waals surface area contributed by atoms with Crippen molar-refractivity contribution in [3.8, 4) is 11.5 Å². The van der Waals surface area contributed by atoms with Crippen LogP contribution in [0.25, 0.3) is 0 Å². The zero-order valence-electron chi connectivity index (χ0n) is 15.6. The molecule has 1 fully saturated rings. The molecule has 0 heterocycles. The summed E-state index contributed by atoms with van der Waals surface area (Å²) < 4.78 is 4.72. The van der Waals surface area contributed by atoms with Gasteiger partial charge in [-0.25, -0.2) is 4.79 Å². The molecule has 150 valence electrons. The monoisotopic (exact) mass is 399 g/mol. The van der Waals surface area contributed by atoms with Gasteiger partial charge in [-0.2, -0.15) is 5.01 Å². The lowest BCUT2D eigenvalue weighted by Crippen LogP contribution is -2.44. The number of hydrogen-bond acceptors (Lipinski definition) is 6. The van der Waals surface area contributed by atoms with Gasteiger partial charge in [-0.1, -0.05) is 6.92 Å². The summed E-state index contributed by atoms with van der Waals surface area (Å²) in [6.07, 6.45) is 4.19. The molecular weight excluding hydrogens is 374 g/mol. The van der Waals surface area contributed by atoms with Crippen LogP contribution in [0.5, 0.6) is 11.5 Å². The number of nitroso groups, excluding NO2 is 1. The van der Waals surface area contributed by atoms with Gasteiger partial charge in [0.25, 0.3) is 0 Å². The van der Waals surface area contributed by atoms with Crippen molar-refractivity contribution in [2.45, 2.75) is 45.6 Å². The van der Waals surface area contributed by atoms with E-state index in [1.807, 2.05) is 0 Å². The summed E-state index contributed by atoms with van der Waals surface area (Å²) >= 11 is 5.46. The number of nitrogens with one attached hydrogen (secondary N) is 1. The van der Waals surface area contributed by atoms with Gasteiger partial charge < -0.3 is 15.2 Å². The van der Waals surface area contributed by atoms with Gasteiger partial charge in [0.2, 0.25) is 0 Å². The molecule has 0 spiro atoms. The third-order valence-corrected chi connectivity index (χ3v) is 4.24. The average Bonchev–Trinajstić information content (AvgIpc) is 2.63. The van der Waals surface area contributed by atoms with E-state index in [2.05, 4.69) is 17.5 Å². The minimum atomic E-state index is -0.435. The Kier molecular flexibility index (Phi) is 10.2. The molecule has 0 saturated heterocycles. The lowest BCUT2D eigenvalue weighted by molar-refractivity contribution is -0.131. The summed E-state index contributed by atoms with van der Waals surface area (Å²) in [5.74, 6) is 1.17. The molecule has 1 aromatic carbocycles. The zero-order chi connectivity index (χ0) is 20.2. The number of aromatic hydroxyl groups is 1. The van der Waals surface area contributed by atoms with Gasteiger partial charge in [0.1, 0.15) is 11.5 Å². The summed E-state index contributed by atoms with van der Waals surface area (Å²) in [4.78, 5) is 32.4. The normalized spacial score (nSPS) is 18.5. The number of urea groups is 1. The Labute approximate surface area is 163 Å². The van der Waals surface area contributed by atoms with Gasteiger partial charge in [0.15, 0.2) is 0 Å². The topological polar surface area (TPSA) is 108 Å². The molecule has 9 heteroatoms. The van der Waals surface area contributed by atoms with Crippen LogP contribution in [0.2, 0.25) is 0 Å². The highest BCUT2D eigenvalue weighted by Crippen LogP contribution is 2.23. The number of phenolic OH excluding ortho intramolecular Hbond substituents is 1. The maximum atomic E-state index is 11.6. The quantitative estimate of drug-likeness (QED) is 0.257. The number of carbonyl (C=O) groups excluding carboxylic acids is 2. The maximum absolute atomic E-state index is 11.6. The molecular formula is C18H26ClN3O5. The second-order valence-electron chi connectivity index (χ2n) is 6.39. The molecule has 27 heavy (non-hydrogen) atoms. The number of hydrogen-bond donors (Lipinski definition) is 2. The van der Waals surface area contributed by atoms with Crippen LogP contribution in [0, 0.1) is 10.8 Å². The van der Waals surface area contributed by atoms with Crippen molar-refractivity contribution in [2.75, 3.05) is 12.4 Å². The fourth-order valence-electron chi connectivity index (χ4n) is 2.59. The molecule has 0 radical (unpaired) electrons. The highest BCUT2D eigenvalue weighted by atomic mass is 35.5. The number of carbonyl (C=O) groups is 2. The van der Waals surface area contributed by atoms with Crippen LogP contribution in [0.3, 0.4) is 0 Å². The number of alkyl halides is 1. The molecule has 2 amide bonds. The predicted octanol–water partition coefficient (Wildman–Crippen LogP) is 3.81. The SMILES string of the molecule is CC(=O)Oc1ccc(O)cc1.CC1CCC(NC(=O)N(CCCl)N=O)CC1. The summed E-state index contributed by atoms with van der Waals surface area (Å²) in [7, 11) is 0. The predicted molar refractivity (Wildman–Crippen MR) is 103 cm³/mol. The number of esters is 1. The molecule has 0 aromatic heterocycles. The molecule has 0 bridgehead atoms. The fraction of sp³-hybridized carbons (Fsp3) is 0.556. The van der Waals surface area contributed by atoms with Gasteiger partial charge in [-0.3, -0.25) is 4.79 Å². The fourth-order valence-corrected chi connectivity index (χ4v) is 2.75. The van der Waals surface area contributed by atoms with E-state index < -0.39 is 6.03 Å². The lowest BCUT2D eigenvalue weighted by Gasteiger charge is -2.27. The van der Waals surface area contributed by atoms with E-state index in [0.29, 0.717) is 5.75 Å². The van der Waals surface area contributed by atoms with E-state index in [9.17, 15) is 14.5 Å². The number of nitrogens with zero attached hydrogens (tertiary/aromatic N) is 2. The Morgan fingerprint density at radius 1 is 1.26 bits per heavy atom. The molecule has 0 unspecified atom stereocenters. The Bertz CT molecular complexity index is 604. The van der Waals surface area contributed by atoms with E-state index in [0.717, 1.165) is 36.6 Å². The first-order chi connectivity index (χ1) is 12.8.